The third-order valence-electron chi connectivity index (χ3n) is 4.47. The minimum atomic E-state index is 0.140. The van der Waals surface area contributed by atoms with Crippen molar-refractivity contribution in [2.75, 3.05) is 59.7 Å². The zero-order chi connectivity index (χ0) is 17.4. The Morgan fingerprint density at radius 3 is 2.29 bits per heavy atom. The number of benzene rings is 1. The number of ether oxygens (including phenoxy) is 2. The van der Waals surface area contributed by atoms with Gasteiger partial charge in [-0.3, -0.25) is 9.69 Å². The highest BCUT2D eigenvalue weighted by molar-refractivity contribution is 5.94. The molecule has 1 aromatic carbocycles. The van der Waals surface area contributed by atoms with E-state index in [2.05, 4.69) is 30.9 Å². The highest BCUT2D eigenvalue weighted by Gasteiger charge is 2.21. The van der Waals surface area contributed by atoms with E-state index in [-0.39, 0.29) is 5.91 Å². The van der Waals surface area contributed by atoms with Gasteiger partial charge in [0.2, 0.25) is 0 Å². The molecule has 1 heterocycles. The van der Waals surface area contributed by atoms with Gasteiger partial charge in [0, 0.05) is 45.4 Å². The Labute approximate surface area is 145 Å². The molecule has 0 bridgehead atoms. The van der Waals surface area contributed by atoms with Crippen molar-refractivity contribution in [2.24, 2.45) is 0 Å². The second kappa shape index (κ2) is 9.77. The largest absolute Gasteiger partial charge is 0.382 e. The van der Waals surface area contributed by atoms with Crippen LogP contribution in [0.2, 0.25) is 0 Å². The number of amides is 1. The van der Waals surface area contributed by atoms with Gasteiger partial charge >= 0.3 is 0 Å². The van der Waals surface area contributed by atoms with E-state index in [1.54, 1.807) is 7.11 Å². The van der Waals surface area contributed by atoms with Crippen LogP contribution in [0.5, 0.6) is 0 Å². The van der Waals surface area contributed by atoms with Crippen LogP contribution in [0.1, 0.15) is 35.7 Å². The first-order valence-corrected chi connectivity index (χ1v) is 8.80. The van der Waals surface area contributed by atoms with Crippen LogP contribution in [-0.2, 0) is 9.47 Å². The molecule has 0 saturated carbocycles. The topological polar surface area (TPSA) is 42.0 Å². The summed E-state index contributed by atoms with van der Waals surface area (Å²) in [6.45, 7) is 10.6. The molecule has 1 saturated heterocycles. The van der Waals surface area contributed by atoms with E-state index in [0.717, 1.165) is 38.3 Å². The van der Waals surface area contributed by atoms with Gasteiger partial charge in [0.1, 0.15) is 0 Å². The van der Waals surface area contributed by atoms with Gasteiger partial charge in [0.25, 0.3) is 5.91 Å². The van der Waals surface area contributed by atoms with Gasteiger partial charge in [-0.1, -0.05) is 26.0 Å². The van der Waals surface area contributed by atoms with Crippen molar-refractivity contribution in [1.29, 1.82) is 0 Å². The minimum absolute atomic E-state index is 0.140. The molecule has 0 atom stereocenters. The number of carbonyl (C=O) groups is 1. The lowest BCUT2D eigenvalue weighted by Gasteiger charge is -2.34. The van der Waals surface area contributed by atoms with E-state index in [0.29, 0.717) is 25.7 Å². The lowest BCUT2D eigenvalue weighted by Crippen LogP contribution is -2.49. The van der Waals surface area contributed by atoms with Gasteiger partial charge in [0.15, 0.2) is 0 Å². The second-order valence-electron chi connectivity index (χ2n) is 6.52. The lowest BCUT2D eigenvalue weighted by atomic mass is 10.0. The number of rotatable bonds is 8. The van der Waals surface area contributed by atoms with Crippen molar-refractivity contribution in [3.8, 4) is 0 Å². The smallest absolute Gasteiger partial charge is 0.253 e. The van der Waals surface area contributed by atoms with Gasteiger partial charge in [-0.25, -0.2) is 0 Å². The van der Waals surface area contributed by atoms with Crippen LogP contribution < -0.4 is 0 Å². The molecule has 1 fully saturated rings. The molecule has 24 heavy (non-hydrogen) atoms. The van der Waals surface area contributed by atoms with Crippen LogP contribution in [0, 0.1) is 0 Å². The number of carbonyl (C=O) groups excluding carboxylic acids is 1. The molecule has 134 valence electrons. The Bertz CT molecular complexity index is 494. The summed E-state index contributed by atoms with van der Waals surface area (Å²) in [5, 5.41) is 0. The molecule has 0 N–H and O–H groups in total. The van der Waals surface area contributed by atoms with E-state index in [9.17, 15) is 4.79 Å². The maximum Gasteiger partial charge on any atom is 0.253 e. The van der Waals surface area contributed by atoms with Crippen LogP contribution >= 0.6 is 0 Å². The fraction of sp³-hybridized carbons (Fsp3) is 0.632. The standard InChI is InChI=1S/C19H30N2O3/c1-16(2)17-4-6-18(7-5-17)19(22)21-10-8-20(9-11-21)12-13-24-15-14-23-3/h4-7,16H,8-15H2,1-3H3. The quantitative estimate of drug-likeness (QED) is 0.684. The predicted molar refractivity (Wildman–Crippen MR) is 95.6 cm³/mol. The summed E-state index contributed by atoms with van der Waals surface area (Å²) in [4.78, 5) is 16.9. The van der Waals surface area contributed by atoms with E-state index < -0.39 is 0 Å². The van der Waals surface area contributed by atoms with E-state index in [1.807, 2.05) is 17.0 Å². The molecule has 0 radical (unpaired) electrons. The molecule has 0 spiro atoms. The third kappa shape index (κ3) is 5.58. The van der Waals surface area contributed by atoms with Crippen LogP contribution in [-0.4, -0.2) is 75.4 Å². The summed E-state index contributed by atoms with van der Waals surface area (Å²) >= 11 is 0. The van der Waals surface area contributed by atoms with Crippen molar-refractivity contribution < 1.29 is 14.3 Å². The molecular formula is C19H30N2O3. The number of piperazine rings is 1. The highest BCUT2D eigenvalue weighted by atomic mass is 16.5. The van der Waals surface area contributed by atoms with Crippen LogP contribution in [0.15, 0.2) is 24.3 Å². The van der Waals surface area contributed by atoms with Crippen LogP contribution in [0.25, 0.3) is 0 Å². The summed E-state index contributed by atoms with van der Waals surface area (Å²) in [6, 6.07) is 8.03. The van der Waals surface area contributed by atoms with Crippen molar-refractivity contribution in [1.82, 2.24) is 9.80 Å². The highest BCUT2D eigenvalue weighted by Crippen LogP contribution is 2.16. The SMILES string of the molecule is COCCOCCN1CCN(C(=O)c2ccc(C(C)C)cc2)CC1. The van der Waals surface area contributed by atoms with E-state index >= 15 is 0 Å². The predicted octanol–water partition coefficient (Wildman–Crippen LogP) is 2.23. The fourth-order valence-corrected chi connectivity index (χ4v) is 2.81. The maximum absolute atomic E-state index is 12.6. The third-order valence-corrected chi connectivity index (χ3v) is 4.47. The number of nitrogens with zero attached hydrogens (tertiary/aromatic N) is 2. The van der Waals surface area contributed by atoms with Gasteiger partial charge in [0.05, 0.1) is 19.8 Å². The second-order valence-corrected chi connectivity index (χ2v) is 6.52. The minimum Gasteiger partial charge on any atom is -0.382 e. The van der Waals surface area contributed by atoms with Gasteiger partial charge < -0.3 is 14.4 Å². The first-order chi connectivity index (χ1) is 11.6. The van der Waals surface area contributed by atoms with Gasteiger partial charge in [-0.05, 0) is 23.6 Å². The first-order valence-electron chi connectivity index (χ1n) is 8.80. The van der Waals surface area contributed by atoms with E-state index in [1.165, 1.54) is 5.56 Å². The van der Waals surface area contributed by atoms with Crippen molar-refractivity contribution in [2.45, 2.75) is 19.8 Å². The van der Waals surface area contributed by atoms with Crippen molar-refractivity contribution in [3.63, 3.8) is 0 Å². The summed E-state index contributed by atoms with van der Waals surface area (Å²) in [7, 11) is 1.68. The number of methoxy groups -OCH3 is 1. The monoisotopic (exact) mass is 334 g/mol. The van der Waals surface area contributed by atoms with Crippen LogP contribution in [0.4, 0.5) is 0 Å². The molecule has 1 aliphatic heterocycles. The Kier molecular flexibility index (Phi) is 7.69. The van der Waals surface area contributed by atoms with E-state index in [4.69, 9.17) is 9.47 Å². The summed E-state index contributed by atoms with van der Waals surface area (Å²) in [5.41, 5.74) is 2.06. The average molecular weight is 334 g/mol. The Morgan fingerprint density at radius 1 is 1.04 bits per heavy atom. The normalized spacial score (nSPS) is 15.9. The fourth-order valence-electron chi connectivity index (χ4n) is 2.81. The summed E-state index contributed by atoms with van der Waals surface area (Å²) < 4.78 is 10.5. The molecule has 5 nitrogen and oxygen atoms in total. The number of hydrogen-bond donors (Lipinski definition) is 0. The molecule has 0 aromatic heterocycles. The summed E-state index contributed by atoms with van der Waals surface area (Å²) in [5.74, 6) is 0.630. The van der Waals surface area contributed by atoms with Crippen molar-refractivity contribution >= 4 is 5.91 Å². The van der Waals surface area contributed by atoms with Gasteiger partial charge in [-0.2, -0.15) is 0 Å². The molecule has 5 heteroatoms. The summed E-state index contributed by atoms with van der Waals surface area (Å²) in [6.07, 6.45) is 0. The first kappa shape index (κ1) is 18.9. The zero-order valence-electron chi connectivity index (χ0n) is 15.2. The molecule has 1 aromatic rings. The average Bonchev–Trinajstić information content (AvgIpc) is 2.61. The molecular weight excluding hydrogens is 304 g/mol. The van der Waals surface area contributed by atoms with Gasteiger partial charge in [-0.15, -0.1) is 0 Å². The Balaban J connectivity index is 1.74. The molecule has 1 amide bonds. The maximum atomic E-state index is 12.6. The number of hydrogen-bond acceptors (Lipinski definition) is 4. The molecule has 0 unspecified atom stereocenters. The Morgan fingerprint density at radius 2 is 1.71 bits per heavy atom. The van der Waals surface area contributed by atoms with Crippen LogP contribution in [0.3, 0.4) is 0 Å². The zero-order valence-corrected chi connectivity index (χ0v) is 15.2. The van der Waals surface area contributed by atoms with Crippen molar-refractivity contribution in [3.05, 3.63) is 35.4 Å². The molecule has 2 rings (SSSR count). The molecule has 1 aliphatic rings. The lowest BCUT2D eigenvalue weighted by molar-refractivity contribution is 0.0421. The molecule has 0 aliphatic carbocycles. The Hall–Kier alpha value is -1.43.